The Kier molecular flexibility index (Phi) is 3.35. The molecule has 0 N–H and O–H groups in total. The lowest BCUT2D eigenvalue weighted by Crippen LogP contribution is -2.05. The normalized spacial score (nSPS) is 10.3. The summed E-state index contributed by atoms with van der Waals surface area (Å²) < 4.78 is 5.41. The van der Waals surface area contributed by atoms with Crippen LogP contribution in [0.2, 0.25) is 0 Å². The molecule has 1 aromatic heterocycles. The monoisotopic (exact) mass is 185 g/mol. The standard InChI is InChI=1S/C9H12ClNO/c1-7(2)12-9-4-3-8(5-10)11-6-9/h3-4,6-7H,5H2,1-2H3. The molecule has 0 aliphatic rings. The molecule has 0 bridgehead atoms. The quantitative estimate of drug-likeness (QED) is 0.676. The second-order valence-corrected chi connectivity index (χ2v) is 3.05. The first-order valence-corrected chi connectivity index (χ1v) is 4.43. The molecule has 12 heavy (non-hydrogen) atoms. The van der Waals surface area contributed by atoms with Crippen molar-refractivity contribution in [2.24, 2.45) is 0 Å². The van der Waals surface area contributed by atoms with E-state index in [0.29, 0.717) is 5.88 Å². The predicted octanol–water partition coefficient (Wildman–Crippen LogP) is 2.61. The summed E-state index contributed by atoms with van der Waals surface area (Å²) in [4.78, 5) is 4.09. The Morgan fingerprint density at radius 2 is 2.25 bits per heavy atom. The van der Waals surface area contributed by atoms with E-state index >= 15 is 0 Å². The molecule has 0 saturated heterocycles. The maximum atomic E-state index is 5.58. The third-order valence-electron chi connectivity index (χ3n) is 1.31. The summed E-state index contributed by atoms with van der Waals surface area (Å²) in [5, 5.41) is 0. The summed E-state index contributed by atoms with van der Waals surface area (Å²) in [6.07, 6.45) is 1.88. The molecule has 0 aliphatic carbocycles. The molecule has 0 spiro atoms. The van der Waals surface area contributed by atoms with Gasteiger partial charge in [-0.3, -0.25) is 4.98 Å². The van der Waals surface area contributed by atoms with Crippen molar-refractivity contribution in [3.05, 3.63) is 24.0 Å². The Balaban J connectivity index is 2.65. The molecule has 0 fully saturated rings. The minimum atomic E-state index is 0.189. The van der Waals surface area contributed by atoms with Crippen LogP contribution in [0.25, 0.3) is 0 Å². The molecule has 66 valence electrons. The van der Waals surface area contributed by atoms with Gasteiger partial charge in [-0.1, -0.05) is 0 Å². The molecule has 0 saturated carbocycles. The van der Waals surface area contributed by atoms with E-state index in [0.717, 1.165) is 11.4 Å². The van der Waals surface area contributed by atoms with Crippen LogP contribution in [0, 0.1) is 0 Å². The van der Waals surface area contributed by atoms with Gasteiger partial charge in [0, 0.05) is 0 Å². The molecule has 0 unspecified atom stereocenters. The van der Waals surface area contributed by atoms with Crippen LogP contribution in [0.3, 0.4) is 0 Å². The second kappa shape index (κ2) is 4.31. The Morgan fingerprint density at radius 3 is 2.67 bits per heavy atom. The van der Waals surface area contributed by atoms with E-state index in [1.807, 2.05) is 26.0 Å². The number of hydrogen-bond acceptors (Lipinski definition) is 2. The average molecular weight is 186 g/mol. The van der Waals surface area contributed by atoms with Gasteiger partial charge in [-0.25, -0.2) is 0 Å². The molecule has 2 nitrogen and oxygen atoms in total. The topological polar surface area (TPSA) is 22.1 Å². The fourth-order valence-electron chi connectivity index (χ4n) is 0.832. The van der Waals surface area contributed by atoms with Gasteiger partial charge in [0.2, 0.25) is 0 Å². The summed E-state index contributed by atoms with van der Waals surface area (Å²) in [5.41, 5.74) is 0.868. The summed E-state index contributed by atoms with van der Waals surface area (Å²) in [7, 11) is 0. The lowest BCUT2D eigenvalue weighted by molar-refractivity contribution is 0.241. The first-order chi connectivity index (χ1) is 5.72. The number of rotatable bonds is 3. The maximum Gasteiger partial charge on any atom is 0.137 e. The van der Waals surface area contributed by atoms with Gasteiger partial charge in [0.25, 0.3) is 0 Å². The third kappa shape index (κ3) is 2.70. The van der Waals surface area contributed by atoms with E-state index in [1.54, 1.807) is 6.20 Å². The first-order valence-electron chi connectivity index (χ1n) is 3.90. The van der Waals surface area contributed by atoms with E-state index in [4.69, 9.17) is 16.3 Å². The zero-order chi connectivity index (χ0) is 8.97. The lowest BCUT2D eigenvalue weighted by atomic mass is 10.3. The van der Waals surface area contributed by atoms with E-state index in [9.17, 15) is 0 Å². The van der Waals surface area contributed by atoms with Crippen LogP contribution < -0.4 is 4.74 Å². The van der Waals surface area contributed by atoms with Crippen LogP contribution in [-0.4, -0.2) is 11.1 Å². The van der Waals surface area contributed by atoms with Crippen molar-refractivity contribution < 1.29 is 4.74 Å². The van der Waals surface area contributed by atoms with Crippen molar-refractivity contribution in [2.75, 3.05) is 0 Å². The SMILES string of the molecule is CC(C)Oc1ccc(CCl)nc1. The first kappa shape index (κ1) is 9.33. The van der Waals surface area contributed by atoms with E-state index in [1.165, 1.54) is 0 Å². The molecule has 0 radical (unpaired) electrons. The fourth-order valence-corrected chi connectivity index (χ4v) is 0.990. The highest BCUT2D eigenvalue weighted by molar-refractivity contribution is 6.16. The van der Waals surface area contributed by atoms with Crippen molar-refractivity contribution in [3.8, 4) is 5.75 Å². The second-order valence-electron chi connectivity index (χ2n) is 2.79. The molecule has 1 rings (SSSR count). The van der Waals surface area contributed by atoms with Gasteiger partial charge in [-0.15, -0.1) is 11.6 Å². The average Bonchev–Trinajstić information content (AvgIpc) is 2.05. The minimum Gasteiger partial charge on any atom is -0.489 e. The van der Waals surface area contributed by atoms with Gasteiger partial charge >= 0.3 is 0 Å². The zero-order valence-corrected chi connectivity index (χ0v) is 8.01. The van der Waals surface area contributed by atoms with Crippen molar-refractivity contribution in [1.82, 2.24) is 4.98 Å². The molecule has 0 aromatic carbocycles. The maximum absolute atomic E-state index is 5.58. The predicted molar refractivity (Wildman–Crippen MR) is 49.6 cm³/mol. The Morgan fingerprint density at radius 1 is 1.50 bits per heavy atom. The highest BCUT2D eigenvalue weighted by atomic mass is 35.5. The molecule has 0 atom stereocenters. The van der Waals surface area contributed by atoms with E-state index < -0.39 is 0 Å². The highest BCUT2D eigenvalue weighted by Crippen LogP contribution is 2.11. The Labute approximate surface area is 77.5 Å². The number of nitrogens with zero attached hydrogens (tertiary/aromatic N) is 1. The molecular weight excluding hydrogens is 174 g/mol. The van der Waals surface area contributed by atoms with Gasteiger partial charge in [0.15, 0.2) is 0 Å². The lowest BCUT2D eigenvalue weighted by Gasteiger charge is -2.08. The summed E-state index contributed by atoms with van der Waals surface area (Å²) >= 11 is 5.58. The van der Waals surface area contributed by atoms with Gasteiger partial charge in [0.1, 0.15) is 5.75 Å². The third-order valence-corrected chi connectivity index (χ3v) is 1.58. The van der Waals surface area contributed by atoms with Crippen molar-refractivity contribution in [3.63, 3.8) is 0 Å². The Hall–Kier alpha value is -0.760. The largest absolute Gasteiger partial charge is 0.489 e. The van der Waals surface area contributed by atoms with Crippen LogP contribution in [-0.2, 0) is 5.88 Å². The number of aromatic nitrogens is 1. The summed E-state index contributed by atoms with van der Waals surface area (Å²) in [6, 6.07) is 3.75. The van der Waals surface area contributed by atoms with Crippen LogP contribution in [0.4, 0.5) is 0 Å². The summed E-state index contributed by atoms with van der Waals surface area (Å²) in [6.45, 7) is 3.96. The van der Waals surface area contributed by atoms with Crippen LogP contribution in [0.5, 0.6) is 5.75 Å². The van der Waals surface area contributed by atoms with E-state index in [2.05, 4.69) is 4.98 Å². The number of ether oxygens (including phenoxy) is 1. The smallest absolute Gasteiger partial charge is 0.137 e. The van der Waals surface area contributed by atoms with Crippen LogP contribution in [0.15, 0.2) is 18.3 Å². The van der Waals surface area contributed by atoms with Crippen molar-refractivity contribution >= 4 is 11.6 Å². The van der Waals surface area contributed by atoms with Gasteiger partial charge < -0.3 is 4.74 Å². The number of hydrogen-bond donors (Lipinski definition) is 0. The van der Waals surface area contributed by atoms with Crippen LogP contribution >= 0.6 is 11.6 Å². The molecule has 0 amide bonds. The Bertz CT molecular complexity index is 233. The van der Waals surface area contributed by atoms with Crippen LogP contribution in [0.1, 0.15) is 19.5 Å². The van der Waals surface area contributed by atoms with Crippen molar-refractivity contribution in [2.45, 2.75) is 25.8 Å². The zero-order valence-electron chi connectivity index (χ0n) is 7.25. The van der Waals surface area contributed by atoms with Gasteiger partial charge in [0.05, 0.1) is 23.9 Å². The van der Waals surface area contributed by atoms with Gasteiger partial charge in [-0.2, -0.15) is 0 Å². The molecular formula is C9H12ClNO. The number of halogens is 1. The van der Waals surface area contributed by atoms with E-state index in [-0.39, 0.29) is 6.10 Å². The summed E-state index contributed by atoms with van der Waals surface area (Å²) in [5.74, 6) is 1.24. The fraction of sp³-hybridized carbons (Fsp3) is 0.444. The molecule has 3 heteroatoms. The van der Waals surface area contributed by atoms with Crippen molar-refractivity contribution in [1.29, 1.82) is 0 Å². The number of alkyl halides is 1. The van der Waals surface area contributed by atoms with Gasteiger partial charge in [-0.05, 0) is 26.0 Å². The minimum absolute atomic E-state index is 0.189. The molecule has 1 aromatic rings. The molecule has 0 aliphatic heterocycles. The number of pyridine rings is 1. The molecule has 1 heterocycles. The highest BCUT2D eigenvalue weighted by Gasteiger charge is 1.97.